The predicted octanol–water partition coefficient (Wildman–Crippen LogP) is 15.3. The lowest BCUT2D eigenvalue weighted by molar-refractivity contribution is 0.674. The Hall–Kier alpha value is -7.14. The van der Waals surface area contributed by atoms with Crippen LogP contribution in [0, 0.1) is 0 Å². The molecule has 0 radical (unpaired) electrons. The van der Waals surface area contributed by atoms with Crippen LogP contribution in [-0.2, 0) is 0 Å². The van der Waals surface area contributed by atoms with Crippen LogP contribution in [0.15, 0.2) is 199 Å². The molecule has 12 aromatic rings. The fourth-order valence-corrected chi connectivity index (χ4v) is 10.0. The van der Waals surface area contributed by atoms with Crippen LogP contribution >= 0.6 is 11.3 Å². The van der Waals surface area contributed by atoms with Gasteiger partial charge in [-0.15, -0.1) is 11.3 Å². The third-order valence-corrected chi connectivity index (χ3v) is 12.5. The van der Waals surface area contributed by atoms with Crippen LogP contribution in [0.3, 0.4) is 0 Å². The van der Waals surface area contributed by atoms with Crippen LogP contribution in [-0.4, -0.2) is 4.57 Å². The van der Waals surface area contributed by atoms with E-state index in [0.29, 0.717) is 0 Å². The molecule has 3 aromatic heterocycles. The van der Waals surface area contributed by atoms with Crippen LogP contribution in [0.25, 0.3) is 91.5 Å². The normalized spacial score (nSPS) is 11.9. The van der Waals surface area contributed by atoms with E-state index in [1.165, 1.54) is 47.4 Å². The van der Waals surface area contributed by atoms with Gasteiger partial charge < -0.3 is 13.9 Å². The average molecular weight is 733 g/mol. The Bertz CT molecular complexity index is 3480. The summed E-state index contributed by atoms with van der Waals surface area (Å²) >= 11 is 1.85. The third kappa shape index (κ3) is 4.63. The van der Waals surface area contributed by atoms with Gasteiger partial charge in [-0.05, 0) is 77.7 Å². The number of aromatic nitrogens is 1. The average Bonchev–Trinajstić information content (AvgIpc) is 3.94. The second kappa shape index (κ2) is 12.2. The molecule has 0 spiro atoms. The minimum absolute atomic E-state index is 0.914. The fraction of sp³-hybridized carbons (Fsp3) is 0. The van der Waals surface area contributed by atoms with Crippen LogP contribution < -0.4 is 4.90 Å². The zero-order valence-electron chi connectivity index (χ0n) is 30.2. The number of para-hydroxylation sites is 3. The van der Waals surface area contributed by atoms with E-state index in [2.05, 4.69) is 204 Å². The summed E-state index contributed by atoms with van der Waals surface area (Å²) in [6, 6.07) is 70.2. The van der Waals surface area contributed by atoms with E-state index in [-0.39, 0.29) is 0 Å². The van der Waals surface area contributed by atoms with Gasteiger partial charge in [0.15, 0.2) is 0 Å². The number of anilines is 3. The van der Waals surface area contributed by atoms with Crippen molar-refractivity contribution in [3.63, 3.8) is 0 Å². The van der Waals surface area contributed by atoms with Crippen LogP contribution in [0.2, 0.25) is 0 Å². The van der Waals surface area contributed by atoms with Crippen LogP contribution in [0.4, 0.5) is 17.1 Å². The Morgan fingerprint density at radius 3 is 1.98 bits per heavy atom. The number of thiophene rings is 1. The summed E-state index contributed by atoms with van der Waals surface area (Å²) < 4.78 is 11.7. The first-order chi connectivity index (χ1) is 27.8. The molecule has 0 N–H and O–H groups in total. The minimum Gasteiger partial charge on any atom is -0.455 e. The summed E-state index contributed by atoms with van der Waals surface area (Å²) in [4.78, 5) is 2.44. The molecule has 262 valence electrons. The zero-order chi connectivity index (χ0) is 36.7. The molecule has 0 bridgehead atoms. The second-order valence-electron chi connectivity index (χ2n) is 14.5. The van der Waals surface area contributed by atoms with Gasteiger partial charge >= 0.3 is 0 Å². The largest absolute Gasteiger partial charge is 0.455 e. The number of nitrogens with zero attached hydrogens (tertiary/aromatic N) is 2. The molecule has 0 aliphatic carbocycles. The van der Waals surface area contributed by atoms with Gasteiger partial charge in [0.2, 0.25) is 0 Å². The van der Waals surface area contributed by atoms with Crippen molar-refractivity contribution in [2.75, 3.05) is 4.90 Å². The Balaban J connectivity index is 1.07. The highest BCUT2D eigenvalue weighted by atomic mass is 32.1. The van der Waals surface area contributed by atoms with Crippen molar-refractivity contribution < 1.29 is 4.42 Å². The maximum atomic E-state index is 6.75. The van der Waals surface area contributed by atoms with E-state index >= 15 is 0 Å². The quantitative estimate of drug-likeness (QED) is 0.176. The van der Waals surface area contributed by atoms with Crippen LogP contribution in [0.5, 0.6) is 0 Å². The molecule has 0 saturated heterocycles. The molecule has 12 rings (SSSR count). The maximum absolute atomic E-state index is 6.75. The Kier molecular flexibility index (Phi) is 6.80. The standard InChI is InChI=1S/C52H32N2OS/c1-2-13-35(14-3-1)54-45-20-8-6-17-44(45)50-46(21-11-22-47(50)54)53(37-29-31-41-40-16-7-9-23-48(40)56-49(41)32-37)36-27-24-34(25-28-36)39-18-10-19-42-43-30-26-33-12-4-5-15-38(33)52(43)55-51(39)42/h1-32H. The topological polar surface area (TPSA) is 21.3 Å². The summed E-state index contributed by atoms with van der Waals surface area (Å²) in [5.41, 5.74) is 10.9. The number of furan rings is 1. The highest BCUT2D eigenvalue weighted by Gasteiger charge is 2.22. The Morgan fingerprint density at radius 2 is 1.09 bits per heavy atom. The summed E-state index contributed by atoms with van der Waals surface area (Å²) in [5, 5.41) is 9.61. The van der Waals surface area contributed by atoms with Crippen molar-refractivity contribution in [1.82, 2.24) is 4.57 Å². The van der Waals surface area contributed by atoms with Crippen LogP contribution in [0.1, 0.15) is 0 Å². The van der Waals surface area contributed by atoms with E-state index in [0.717, 1.165) is 61.2 Å². The molecule has 0 saturated carbocycles. The first kappa shape index (κ1) is 31.2. The molecular weight excluding hydrogens is 701 g/mol. The Morgan fingerprint density at radius 1 is 0.429 bits per heavy atom. The molecule has 3 heterocycles. The highest BCUT2D eigenvalue weighted by molar-refractivity contribution is 7.25. The second-order valence-corrected chi connectivity index (χ2v) is 15.6. The van der Waals surface area contributed by atoms with Crippen molar-refractivity contribution in [2.24, 2.45) is 0 Å². The van der Waals surface area contributed by atoms with Gasteiger partial charge in [-0.25, -0.2) is 0 Å². The number of hydrogen-bond acceptors (Lipinski definition) is 3. The molecule has 0 atom stereocenters. The molecule has 0 amide bonds. The summed E-state index contributed by atoms with van der Waals surface area (Å²) in [6.07, 6.45) is 0. The Labute approximate surface area is 326 Å². The smallest absolute Gasteiger partial charge is 0.143 e. The monoisotopic (exact) mass is 732 g/mol. The highest BCUT2D eigenvalue weighted by Crippen LogP contribution is 2.46. The van der Waals surface area contributed by atoms with E-state index in [1.54, 1.807) is 0 Å². The minimum atomic E-state index is 0.914. The molecule has 0 unspecified atom stereocenters. The number of hydrogen-bond donors (Lipinski definition) is 0. The predicted molar refractivity (Wildman–Crippen MR) is 239 cm³/mol. The van der Waals surface area contributed by atoms with E-state index in [1.807, 2.05) is 11.3 Å². The number of fused-ring (bicyclic) bond motifs is 11. The lowest BCUT2D eigenvalue weighted by atomic mass is 10.0. The molecule has 3 nitrogen and oxygen atoms in total. The van der Waals surface area contributed by atoms with E-state index < -0.39 is 0 Å². The SMILES string of the molecule is c1ccc(-n2c3ccccc3c3c(N(c4ccc(-c5cccc6c5oc5c7ccccc7ccc65)cc4)c4ccc5c(c4)sc4ccccc45)cccc32)cc1. The molecule has 0 fully saturated rings. The number of benzene rings is 9. The van der Waals surface area contributed by atoms with Gasteiger partial charge in [0.1, 0.15) is 11.2 Å². The molecule has 4 heteroatoms. The summed E-state index contributed by atoms with van der Waals surface area (Å²) in [5.74, 6) is 0. The van der Waals surface area contributed by atoms with Gasteiger partial charge in [0, 0.05) is 69.7 Å². The lowest BCUT2D eigenvalue weighted by Crippen LogP contribution is -2.10. The lowest BCUT2D eigenvalue weighted by Gasteiger charge is -2.27. The van der Waals surface area contributed by atoms with Gasteiger partial charge in [0.05, 0.1) is 16.7 Å². The first-order valence-corrected chi connectivity index (χ1v) is 19.8. The van der Waals surface area contributed by atoms with Gasteiger partial charge in [-0.1, -0.05) is 127 Å². The molecule has 56 heavy (non-hydrogen) atoms. The first-order valence-electron chi connectivity index (χ1n) is 19.0. The van der Waals surface area contributed by atoms with Crippen molar-refractivity contribution in [3.05, 3.63) is 194 Å². The van der Waals surface area contributed by atoms with Crippen molar-refractivity contribution in [1.29, 1.82) is 0 Å². The van der Waals surface area contributed by atoms with Crippen molar-refractivity contribution in [2.45, 2.75) is 0 Å². The van der Waals surface area contributed by atoms with Gasteiger partial charge in [0.25, 0.3) is 0 Å². The molecule has 0 aliphatic heterocycles. The summed E-state index contributed by atoms with van der Waals surface area (Å²) in [6.45, 7) is 0. The van der Waals surface area contributed by atoms with Gasteiger partial charge in [-0.3, -0.25) is 0 Å². The molecule has 0 aliphatic rings. The molecule has 9 aromatic carbocycles. The van der Waals surface area contributed by atoms with E-state index in [4.69, 9.17) is 4.42 Å². The van der Waals surface area contributed by atoms with Crippen molar-refractivity contribution in [3.8, 4) is 16.8 Å². The number of rotatable bonds is 5. The zero-order valence-corrected chi connectivity index (χ0v) is 31.0. The van der Waals surface area contributed by atoms with Gasteiger partial charge in [-0.2, -0.15) is 0 Å². The maximum Gasteiger partial charge on any atom is 0.143 e. The molecular formula is C52H32N2OS. The third-order valence-electron chi connectivity index (χ3n) is 11.4. The fourth-order valence-electron chi connectivity index (χ4n) is 8.87. The van der Waals surface area contributed by atoms with E-state index in [9.17, 15) is 0 Å². The summed E-state index contributed by atoms with van der Waals surface area (Å²) in [7, 11) is 0. The van der Waals surface area contributed by atoms with Crippen molar-refractivity contribution >= 4 is 103 Å².